The van der Waals surface area contributed by atoms with Crippen LogP contribution in [0.4, 0.5) is 34.1 Å². The summed E-state index contributed by atoms with van der Waals surface area (Å²) in [5.41, 5.74) is 18.4. The molecule has 2 nitrogen and oxygen atoms in total. The van der Waals surface area contributed by atoms with E-state index in [1.165, 1.54) is 54.9 Å². The van der Waals surface area contributed by atoms with E-state index in [4.69, 9.17) is 0 Å². The molecule has 0 aromatic heterocycles. The highest BCUT2D eigenvalue weighted by atomic mass is 15.1. The Morgan fingerprint density at radius 3 is 1.01 bits per heavy atom. The molecule has 0 aliphatic heterocycles. The zero-order valence-corrected chi connectivity index (χ0v) is 38.6. The van der Waals surface area contributed by atoms with Crippen molar-refractivity contribution in [2.24, 2.45) is 0 Å². The first-order valence-corrected chi connectivity index (χ1v) is 24.0. The Hall–Kier alpha value is -9.24. The third kappa shape index (κ3) is 8.40. The summed E-state index contributed by atoms with van der Waals surface area (Å²) < 4.78 is 0. The number of nitrogens with zero attached hydrogens (tertiary/aromatic N) is 2. The molecule has 0 spiro atoms. The molecule has 70 heavy (non-hydrogen) atoms. The summed E-state index contributed by atoms with van der Waals surface area (Å²) in [5.74, 6) is 0. The van der Waals surface area contributed by atoms with Gasteiger partial charge >= 0.3 is 0 Å². The Morgan fingerprint density at radius 1 is 0.186 bits per heavy atom. The molecule has 0 aliphatic rings. The van der Waals surface area contributed by atoms with E-state index in [-0.39, 0.29) is 0 Å². The minimum atomic E-state index is 1.08. The van der Waals surface area contributed by atoms with Crippen LogP contribution in [-0.2, 0) is 0 Å². The van der Waals surface area contributed by atoms with Crippen molar-refractivity contribution >= 4 is 55.7 Å². The van der Waals surface area contributed by atoms with Crippen LogP contribution in [0.25, 0.3) is 77.2 Å². The lowest BCUT2D eigenvalue weighted by atomic mass is 9.97. The predicted octanol–water partition coefficient (Wildman–Crippen LogP) is 19.3. The molecule has 0 saturated heterocycles. The van der Waals surface area contributed by atoms with E-state index in [2.05, 4.69) is 301 Å². The van der Waals surface area contributed by atoms with Crippen molar-refractivity contribution in [3.63, 3.8) is 0 Å². The van der Waals surface area contributed by atoms with Gasteiger partial charge in [-0.1, -0.05) is 218 Å². The fourth-order valence-electron chi connectivity index (χ4n) is 9.92. The fraction of sp³-hybridized carbons (Fsp3) is 0. The van der Waals surface area contributed by atoms with Crippen molar-refractivity contribution in [1.82, 2.24) is 0 Å². The third-order valence-corrected chi connectivity index (χ3v) is 13.4. The Kier molecular flexibility index (Phi) is 11.3. The molecular weight excluding hydrogens is 845 g/mol. The first-order valence-electron chi connectivity index (χ1n) is 24.0. The van der Waals surface area contributed by atoms with Crippen LogP contribution in [0.1, 0.15) is 0 Å². The van der Waals surface area contributed by atoms with Crippen LogP contribution in [-0.4, -0.2) is 0 Å². The van der Waals surface area contributed by atoms with Gasteiger partial charge in [0, 0.05) is 33.8 Å². The highest BCUT2D eigenvalue weighted by Crippen LogP contribution is 2.43. The zero-order chi connectivity index (χ0) is 46.6. The van der Waals surface area contributed by atoms with Crippen LogP contribution in [0.15, 0.2) is 291 Å². The first kappa shape index (κ1) is 42.1. The number of rotatable bonds is 11. The lowest BCUT2D eigenvalue weighted by Crippen LogP contribution is -2.10. The summed E-state index contributed by atoms with van der Waals surface area (Å²) in [6, 6.07) is 105. The molecule has 0 unspecified atom stereocenters. The van der Waals surface area contributed by atoms with Gasteiger partial charge in [-0.2, -0.15) is 0 Å². The lowest BCUT2D eigenvalue weighted by molar-refractivity contribution is 1.28. The second-order valence-corrected chi connectivity index (χ2v) is 17.7. The average molecular weight is 893 g/mol. The number of hydrogen-bond donors (Lipinski definition) is 0. The minimum Gasteiger partial charge on any atom is -0.310 e. The molecule has 0 N–H and O–H groups in total. The average Bonchev–Trinajstić information content (AvgIpc) is 3.44. The van der Waals surface area contributed by atoms with Crippen molar-refractivity contribution < 1.29 is 0 Å². The molecule has 12 aromatic carbocycles. The summed E-state index contributed by atoms with van der Waals surface area (Å²) in [7, 11) is 0. The number of benzene rings is 12. The fourth-order valence-corrected chi connectivity index (χ4v) is 9.92. The first-order chi connectivity index (χ1) is 34.7. The molecular formula is C68H48N2. The molecule has 0 radical (unpaired) electrons. The van der Waals surface area contributed by atoms with Crippen LogP contribution in [0, 0.1) is 0 Å². The third-order valence-electron chi connectivity index (χ3n) is 13.4. The summed E-state index contributed by atoms with van der Waals surface area (Å²) in [5, 5.41) is 4.91. The molecule has 0 atom stereocenters. The highest BCUT2D eigenvalue weighted by Gasteiger charge is 2.19. The Bertz CT molecular complexity index is 3650. The van der Waals surface area contributed by atoms with Crippen molar-refractivity contribution in [2.75, 3.05) is 9.80 Å². The quantitative estimate of drug-likeness (QED) is 0.128. The minimum absolute atomic E-state index is 1.08. The smallest absolute Gasteiger partial charge is 0.0540 e. The van der Waals surface area contributed by atoms with Gasteiger partial charge in [0.05, 0.1) is 5.69 Å². The second kappa shape index (κ2) is 18.8. The molecule has 0 heterocycles. The van der Waals surface area contributed by atoms with E-state index in [1.807, 2.05) is 0 Å². The van der Waals surface area contributed by atoms with E-state index in [1.54, 1.807) is 0 Å². The van der Waals surface area contributed by atoms with Crippen LogP contribution < -0.4 is 9.80 Å². The molecule has 12 rings (SSSR count). The van der Waals surface area contributed by atoms with Crippen molar-refractivity contribution in [3.8, 4) is 55.6 Å². The molecule has 0 aliphatic carbocycles. The number of hydrogen-bond acceptors (Lipinski definition) is 2. The summed E-state index contributed by atoms with van der Waals surface area (Å²) >= 11 is 0. The van der Waals surface area contributed by atoms with Gasteiger partial charge in [0.1, 0.15) is 0 Å². The second-order valence-electron chi connectivity index (χ2n) is 17.7. The van der Waals surface area contributed by atoms with Crippen LogP contribution in [0.5, 0.6) is 0 Å². The Labute approximate surface area is 410 Å². The van der Waals surface area contributed by atoms with Gasteiger partial charge in [0.2, 0.25) is 0 Å². The monoisotopic (exact) mass is 892 g/mol. The Morgan fingerprint density at radius 2 is 0.529 bits per heavy atom. The van der Waals surface area contributed by atoms with Crippen molar-refractivity contribution in [2.45, 2.75) is 0 Å². The maximum Gasteiger partial charge on any atom is 0.0540 e. The number of anilines is 6. The van der Waals surface area contributed by atoms with Gasteiger partial charge in [-0.15, -0.1) is 0 Å². The lowest BCUT2D eigenvalue weighted by Gasteiger charge is -2.28. The van der Waals surface area contributed by atoms with Crippen LogP contribution in [0.2, 0.25) is 0 Å². The van der Waals surface area contributed by atoms with Crippen LogP contribution in [0.3, 0.4) is 0 Å². The van der Waals surface area contributed by atoms with Gasteiger partial charge in [-0.3, -0.25) is 0 Å². The topological polar surface area (TPSA) is 6.48 Å². The summed E-state index contributed by atoms with van der Waals surface area (Å²) in [4.78, 5) is 4.77. The van der Waals surface area contributed by atoms with E-state index in [9.17, 15) is 0 Å². The van der Waals surface area contributed by atoms with Gasteiger partial charge in [0.15, 0.2) is 0 Å². The molecule has 0 saturated carbocycles. The molecule has 0 bridgehead atoms. The van der Waals surface area contributed by atoms with Gasteiger partial charge in [-0.25, -0.2) is 0 Å². The van der Waals surface area contributed by atoms with Gasteiger partial charge < -0.3 is 9.80 Å². The van der Waals surface area contributed by atoms with E-state index in [0.717, 1.165) is 56.4 Å². The zero-order valence-electron chi connectivity index (χ0n) is 38.6. The van der Waals surface area contributed by atoms with E-state index >= 15 is 0 Å². The van der Waals surface area contributed by atoms with E-state index in [0.29, 0.717) is 0 Å². The summed E-state index contributed by atoms with van der Waals surface area (Å²) in [6.07, 6.45) is 0. The maximum atomic E-state index is 2.39. The van der Waals surface area contributed by atoms with Gasteiger partial charge in [-0.05, 0) is 145 Å². The van der Waals surface area contributed by atoms with Gasteiger partial charge in [0.25, 0.3) is 0 Å². The highest BCUT2D eigenvalue weighted by molar-refractivity contribution is 6.00. The van der Waals surface area contributed by atoms with Crippen LogP contribution >= 0.6 is 0 Å². The van der Waals surface area contributed by atoms with E-state index < -0.39 is 0 Å². The SMILES string of the molecule is c1ccc(-c2ccc(N(c3ccc(-c4ccc(N(c5ccc(-c6cccc7ccccc67)cc5)c5cccc6ccccc56)cc4)cc3)c3cc(-c4ccccc4)cc(-c4ccccc4)c3)cc2)cc1. The molecule has 12 aromatic rings. The molecule has 330 valence electrons. The normalized spacial score (nSPS) is 11.1. The molecule has 0 fully saturated rings. The molecule has 0 amide bonds. The maximum absolute atomic E-state index is 2.39. The standard InChI is InChI=1S/C68H48N2/c1-4-16-49(17-5-1)52-30-38-60(39-31-52)69(64-47-58(50-18-6-2-7-19-50)46-59(48-64)51-20-8-3-9-21-51)61-40-32-53(33-41-61)54-34-42-62(43-35-54)70(68-29-15-25-56-23-11-13-27-67(56)68)63-44-36-57(37-45-63)66-28-14-24-55-22-10-12-26-65(55)66/h1-48H. The molecule has 2 heteroatoms. The summed E-state index contributed by atoms with van der Waals surface area (Å²) in [6.45, 7) is 0. The van der Waals surface area contributed by atoms with Crippen molar-refractivity contribution in [3.05, 3.63) is 291 Å². The largest absolute Gasteiger partial charge is 0.310 e. The number of fused-ring (bicyclic) bond motifs is 2. The Balaban J connectivity index is 0.917. The predicted molar refractivity (Wildman–Crippen MR) is 298 cm³/mol. The van der Waals surface area contributed by atoms with Crippen molar-refractivity contribution in [1.29, 1.82) is 0 Å².